The number of rotatable bonds is 6. The molecule has 0 amide bonds. The summed E-state index contributed by atoms with van der Waals surface area (Å²) in [6.07, 6.45) is 1.39. The van der Waals surface area contributed by atoms with Crippen LogP contribution >= 0.6 is 11.3 Å². The first-order valence-electron chi connectivity index (χ1n) is 9.84. The van der Waals surface area contributed by atoms with Crippen LogP contribution < -0.4 is 4.74 Å². The molecule has 5 heteroatoms. The molecule has 4 rings (SSSR count). The van der Waals surface area contributed by atoms with Crippen LogP contribution in [0.3, 0.4) is 0 Å². The van der Waals surface area contributed by atoms with E-state index >= 15 is 0 Å². The minimum absolute atomic E-state index is 0.118. The zero-order chi connectivity index (χ0) is 19.5. The summed E-state index contributed by atoms with van der Waals surface area (Å²) in [7, 11) is 0. The number of benzene rings is 2. The van der Waals surface area contributed by atoms with Crippen molar-refractivity contribution in [3.8, 4) is 5.75 Å². The zero-order valence-electron chi connectivity index (χ0n) is 16.0. The van der Waals surface area contributed by atoms with Crippen LogP contribution in [-0.2, 0) is 4.79 Å². The monoisotopic (exact) mass is 395 g/mol. The van der Waals surface area contributed by atoms with E-state index in [1.54, 1.807) is 0 Å². The molecule has 0 spiro atoms. The van der Waals surface area contributed by atoms with Crippen LogP contribution in [0.4, 0.5) is 0 Å². The third kappa shape index (κ3) is 3.91. The van der Waals surface area contributed by atoms with E-state index in [1.165, 1.54) is 20.5 Å². The van der Waals surface area contributed by atoms with Crippen LogP contribution in [0.5, 0.6) is 5.75 Å². The van der Waals surface area contributed by atoms with Gasteiger partial charge in [-0.3, -0.25) is 9.69 Å². The summed E-state index contributed by atoms with van der Waals surface area (Å²) in [5, 5.41) is 10.6. The number of hydrogen-bond acceptors (Lipinski definition) is 4. The van der Waals surface area contributed by atoms with Crippen LogP contribution in [0.25, 0.3) is 10.1 Å². The van der Waals surface area contributed by atoms with E-state index in [4.69, 9.17) is 4.74 Å². The highest BCUT2D eigenvalue weighted by atomic mass is 32.1. The van der Waals surface area contributed by atoms with Crippen molar-refractivity contribution < 1.29 is 14.6 Å². The van der Waals surface area contributed by atoms with E-state index in [-0.39, 0.29) is 12.0 Å². The van der Waals surface area contributed by atoms with E-state index in [9.17, 15) is 9.90 Å². The van der Waals surface area contributed by atoms with Gasteiger partial charge in [0.25, 0.3) is 0 Å². The lowest BCUT2D eigenvalue weighted by Gasteiger charge is -2.36. The smallest absolute Gasteiger partial charge is 0.306 e. The van der Waals surface area contributed by atoms with Crippen molar-refractivity contribution in [2.75, 3.05) is 19.7 Å². The zero-order valence-corrected chi connectivity index (χ0v) is 16.8. The first-order valence-corrected chi connectivity index (χ1v) is 10.7. The van der Waals surface area contributed by atoms with Gasteiger partial charge in [-0.2, -0.15) is 0 Å². The van der Waals surface area contributed by atoms with Gasteiger partial charge in [0.2, 0.25) is 0 Å². The second kappa shape index (κ2) is 8.33. The number of nitrogens with zero attached hydrogens (tertiary/aromatic N) is 1. The molecule has 1 unspecified atom stereocenters. The summed E-state index contributed by atoms with van der Waals surface area (Å²) < 4.78 is 7.02. The van der Waals surface area contributed by atoms with Crippen molar-refractivity contribution in [2.45, 2.75) is 25.8 Å². The fourth-order valence-corrected chi connectivity index (χ4v) is 5.27. The molecule has 0 bridgehead atoms. The number of ether oxygens (including phenoxy) is 1. The Hall–Kier alpha value is -2.37. The van der Waals surface area contributed by atoms with E-state index in [1.807, 2.05) is 30.4 Å². The lowest BCUT2D eigenvalue weighted by atomic mass is 9.93. The van der Waals surface area contributed by atoms with Crippen molar-refractivity contribution in [3.05, 3.63) is 65.0 Å². The molecule has 1 aliphatic heterocycles. The maximum atomic E-state index is 11.4. The van der Waals surface area contributed by atoms with E-state index in [0.29, 0.717) is 19.4 Å². The number of hydrogen-bond donors (Lipinski definition) is 1. The Labute approximate surface area is 169 Å². The molecular formula is C23H25NO3S. The van der Waals surface area contributed by atoms with Gasteiger partial charge in [-0.25, -0.2) is 0 Å². The quantitative estimate of drug-likeness (QED) is 0.624. The highest BCUT2D eigenvalue weighted by Gasteiger charge is 2.31. The van der Waals surface area contributed by atoms with Crippen molar-refractivity contribution in [3.63, 3.8) is 0 Å². The summed E-state index contributed by atoms with van der Waals surface area (Å²) in [5.74, 6) is -0.0167. The molecule has 0 aliphatic carbocycles. The minimum atomic E-state index is -0.670. The molecule has 28 heavy (non-hydrogen) atoms. The van der Waals surface area contributed by atoms with Crippen LogP contribution in [0.15, 0.2) is 54.6 Å². The third-order valence-corrected chi connectivity index (χ3v) is 6.61. The van der Waals surface area contributed by atoms with E-state index in [2.05, 4.69) is 47.4 Å². The molecule has 2 heterocycles. The van der Waals surface area contributed by atoms with Crippen LogP contribution in [0.1, 0.15) is 36.2 Å². The molecule has 1 aromatic heterocycles. The average Bonchev–Trinajstić information content (AvgIpc) is 3.13. The summed E-state index contributed by atoms with van der Waals surface area (Å²) in [4.78, 5) is 15.1. The van der Waals surface area contributed by atoms with Gasteiger partial charge in [0.05, 0.1) is 18.6 Å². The predicted molar refractivity (Wildman–Crippen MR) is 113 cm³/mol. The highest BCUT2D eigenvalue weighted by Crippen LogP contribution is 2.39. The van der Waals surface area contributed by atoms with Crippen molar-refractivity contribution >= 4 is 27.4 Å². The Bertz CT molecular complexity index is 926. The van der Waals surface area contributed by atoms with Gasteiger partial charge >= 0.3 is 5.97 Å². The Kier molecular flexibility index (Phi) is 5.64. The summed E-state index contributed by atoms with van der Waals surface area (Å²) in [5.41, 5.74) is 1.20. The normalized spacial score (nSPS) is 16.9. The maximum Gasteiger partial charge on any atom is 0.306 e. The second-order valence-corrected chi connectivity index (χ2v) is 8.36. The number of carbonyl (C=O) groups is 1. The number of aliphatic carboxylic acids is 1. The van der Waals surface area contributed by atoms with E-state index < -0.39 is 5.97 Å². The lowest BCUT2D eigenvalue weighted by molar-refractivity contribution is -0.143. The molecule has 1 N–H and O–H groups in total. The Morgan fingerprint density at radius 2 is 1.96 bits per heavy atom. The molecule has 1 aliphatic rings. The first kappa shape index (κ1) is 19.0. The Balaban J connectivity index is 1.71. The van der Waals surface area contributed by atoms with Crippen LogP contribution in [0, 0.1) is 5.92 Å². The second-order valence-electron chi connectivity index (χ2n) is 7.24. The summed E-state index contributed by atoms with van der Waals surface area (Å²) in [6, 6.07) is 19.2. The number of piperidine rings is 1. The molecule has 146 valence electrons. The van der Waals surface area contributed by atoms with Gasteiger partial charge in [0, 0.05) is 9.58 Å². The average molecular weight is 396 g/mol. The van der Waals surface area contributed by atoms with Crippen molar-refractivity contribution in [1.29, 1.82) is 0 Å². The summed E-state index contributed by atoms with van der Waals surface area (Å²) >= 11 is 1.82. The summed E-state index contributed by atoms with van der Waals surface area (Å²) in [6.45, 7) is 4.21. The molecule has 1 fully saturated rings. The molecular weight excluding hydrogens is 370 g/mol. The minimum Gasteiger partial charge on any atom is -0.494 e. The topological polar surface area (TPSA) is 49.8 Å². The van der Waals surface area contributed by atoms with Crippen molar-refractivity contribution in [1.82, 2.24) is 4.90 Å². The van der Waals surface area contributed by atoms with Gasteiger partial charge in [0.1, 0.15) is 5.75 Å². The molecule has 1 saturated heterocycles. The molecule has 0 radical (unpaired) electrons. The molecule has 2 aromatic carbocycles. The largest absolute Gasteiger partial charge is 0.494 e. The number of likely N-dealkylation sites (tertiary alicyclic amines) is 1. The number of thiophene rings is 1. The molecule has 4 nitrogen and oxygen atoms in total. The van der Waals surface area contributed by atoms with Gasteiger partial charge in [-0.15, -0.1) is 11.3 Å². The Morgan fingerprint density at radius 3 is 2.68 bits per heavy atom. The molecule has 3 aromatic rings. The lowest BCUT2D eigenvalue weighted by Crippen LogP contribution is -2.39. The van der Waals surface area contributed by atoms with E-state index in [0.717, 1.165) is 18.8 Å². The number of carboxylic acids is 1. The SMILES string of the molecule is CCOc1cccc(C(c2cc3ccccc3s2)N2CCC(C(=O)O)CC2)c1. The van der Waals surface area contributed by atoms with Crippen LogP contribution in [-0.4, -0.2) is 35.7 Å². The first-order chi connectivity index (χ1) is 13.7. The third-order valence-electron chi connectivity index (χ3n) is 5.44. The molecule has 0 saturated carbocycles. The maximum absolute atomic E-state index is 11.4. The number of fused-ring (bicyclic) bond motifs is 1. The van der Waals surface area contributed by atoms with Gasteiger partial charge in [-0.05, 0) is 68.1 Å². The van der Waals surface area contributed by atoms with Crippen molar-refractivity contribution in [2.24, 2.45) is 5.92 Å². The fraction of sp³-hybridized carbons (Fsp3) is 0.348. The predicted octanol–water partition coefficient (Wildman–Crippen LogP) is 5.19. The van der Waals surface area contributed by atoms with Crippen LogP contribution in [0.2, 0.25) is 0 Å². The van der Waals surface area contributed by atoms with Gasteiger partial charge in [-0.1, -0.05) is 30.3 Å². The standard InChI is InChI=1S/C23H25NO3S/c1-2-27-19-8-5-7-18(14-19)22(24-12-10-16(11-13-24)23(25)26)21-15-17-6-3-4-9-20(17)28-21/h3-9,14-16,22H,2,10-13H2,1H3,(H,25,26). The van der Waals surface area contributed by atoms with Gasteiger partial charge in [0.15, 0.2) is 0 Å². The molecule has 1 atom stereocenters. The van der Waals surface area contributed by atoms with Gasteiger partial charge < -0.3 is 9.84 Å². The number of carboxylic acid groups (broad SMARTS) is 1. The fourth-order valence-electron chi connectivity index (χ4n) is 4.04. The highest BCUT2D eigenvalue weighted by molar-refractivity contribution is 7.19. The Morgan fingerprint density at radius 1 is 1.18 bits per heavy atom.